The van der Waals surface area contributed by atoms with E-state index in [1.807, 2.05) is 37.3 Å². The molecule has 2 unspecified atom stereocenters. The summed E-state index contributed by atoms with van der Waals surface area (Å²) in [5.74, 6) is -0.0854. The fourth-order valence-electron chi connectivity index (χ4n) is 3.44. The maximum Gasteiger partial charge on any atom is 0.486 e. The van der Waals surface area contributed by atoms with Crippen molar-refractivity contribution < 1.29 is 18.0 Å². The molecular formula is C22H20ClFNO3P. The standard InChI is InChI=1S/C22H20ClFNO3P/c1-15-7-10-22-19(13-15)18(16-5-3-2-4-6-16)11-12-27-29(26,28-22)25-17-8-9-20(23)21(24)14-17/h2-10,13-14,18H,11-12H2,1H3,(H,25,26). The van der Waals surface area contributed by atoms with Gasteiger partial charge in [0.15, 0.2) is 0 Å². The predicted molar refractivity (Wildman–Crippen MR) is 113 cm³/mol. The van der Waals surface area contributed by atoms with E-state index in [9.17, 15) is 8.96 Å². The van der Waals surface area contributed by atoms with Crippen LogP contribution >= 0.6 is 19.3 Å². The quantitative estimate of drug-likeness (QED) is 0.456. The minimum atomic E-state index is -3.77. The van der Waals surface area contributed by atoms with Crippen LogP contribution < -0.4 is 9.61 Å². The number of nitrogens with one attached hydrogen (secondary N) is 1. The third-order valence-electron chi connectivity index (χ3n) is 4.81. The van der Waals surface area contributed by atoms with Crippen molar-refractivity contribution in [3.05, 3.63) is 94.3 Å². The number of hydrogen-bond acceptors (Lipinski definition) is 3. The molecule has 0 aliphatic carbocycles. The smallest absolute Gasteiger partial charge is 0.409 e. The van der Waals surface area contributed by atoms with Crippen LogP contribution in [-0.2, 0) is 9.09 Å². The number of hydrogen-bond donors (Lipinski definition) is 1. The lowest BCUT2D eigenvalue weighted by Crippen LogP contribution is -2.16. The highest BCUT2D eigenvalue weighted by Gasteiger charge is 2.33. The Morgan fingerprint density at radius 1 is 1.10 bits per heavy atom. The third kappa shape index (κ3) is 4.48. The number of aryl methyl sites for hydroxylation is 1. The monoisotopic (exact) mass is 431 g/mol. The number of benzene rings is 3. The summed E-state index contributed by atoms with van der Waals surface area (Å²) < 4.78 is 38.7. The second-order valence-electron chi connectivity index (χ2n) is 6.96. The predicted octanol–water partition coefficient (Wildman–Crippen LogP) is 6.94. The van der Waals surface area contributed by atoms with Gasteiger partial charge in [0.25, 0.3) is 0 Å². The molecular weight excluding hydrogens is 412 g/mol. The van der Waals surface area contributed by atoms with Crippen LogP contribution in [0, 0.1) is 12.7 Å². The van der Waals surface area contributed by atoms with Gasteiger partial charge in [-0.15, -0.1) is 0 Å². The Hall–Kier alpha value is -2.33. The van der Waals surface area contributed by atoms with Crippen LogP contribution in [0.15, 0.2) is 66.7 Å². The summed E-state index contributed by atoms with van der Waals surface area (Å²) in [7, 11) is -3.77. The van der Waals surface area contributed by atoms with Gasteiger partial charge in [0.2, 0.25) is 0 Å². The average molecular weight is 432 g/mol. The minimum absolute atomic E-state index is 0.0140. The van der Waals surface area contributed by atoms with Crippen LogP contribution in [0.25, 0.3) is 0 Å². The Morgan fingerprint density at radius 2 is 1.90 bits per heavy atom. The van der Waals surface area contributed by atoms with Crippen LogP contribution in [0.1, 0.15) is 29.0 Å². The Bertz CT molecular complexity index is 1080. The van der Waals surface area contributed by atoms with E-state index in [1.54, 1.807) is 6.07 Å². The molecule has 0 aromatic heterocycles. The molecule has 1 N–H and O–H groups in total. The summed E-state index contributed by atoms with van der Waals surface area (Å²) in [6.45, 7) is 2.22. The van der Waals surface area contributed by atoms with E-state index in [0.29, 0.717) is 12.2 Å². The van der Waals surface area contributed by atoms with Gasteiger partial charge in [0.05, 0.1) is 11.6 Å². The van der Waals surface area contributed by atoms with Gasteiger partial charge in [-0.2, -0.15) is 0 Å². The molecule has 1 heterocycles. The van der Waals surface area contributed by atoms with Crippen molar-refractivity contribution >= 4 is 25.0 Å². The molecule has 150 valence electrons. The first-order chi connectivity index (χ1) is 13.9. The molecule has 0 spiro atoms. The second-order valence-corrected chi connectivity index (χ2v) is 9.02. The van der Waals surface area contributed by atoms with Crippen molar-refractivity contribution in [2.75, 3.05) is 11.7 Å². The molecule has 0 amide bonds. The SMILES string of the molecule is Cc1ccc2c(c1)C(c1ccccc1)CCOP(=O)(Nc1ccc(Cl)c(F)c1)O2. The van der Waals surface area contributed by atoms with Gasteiger partial charge in [-0.1, -0.05) is 59.6 Å². The van der Waals surface area contributed by atoms with Gasteiger partial charge in [0, 0.05) is 17.2 Å². The zero-order valence-corrected chi connectivity index (χ0v) is 17.4. The molecule has 4 nitrogen and oxygen atoms in total. The number of anilines is 1. The highest BCUT2D eigenvalue weighted by atomic mass is 35.5. The average Bonchev–Trinajstić information content (AvgIpc) is 2.69. The summed E-state index contributed by atoms with van der Waals surface area (Å²) in [6.07, 6.45) is 0.629. The van der Waals surface area contributed by atoms with E-state index >= 15 is 0 Å². The third-order valence-corrected chi connectivity index (χ3v) is 6.61. The van der Waals surface area contributed by atoms with Crippen molar-refractivity contribution in [3.63, 3.8) is 0 Å². The van der Waals surface area contributed by atoms with Gasteiger partial charge in [-0.3, -0.25) is 9.61 Å². The molecule has 29 heavy (non-hydrogen) atoms. The lowest BCUT2D eigenvalue weighted by atomic mass is 9.87. The van der Waals surface area contributed by atoms with Crippen molar-refractivity contribution in [2.24, 2.45) is 0 Å². The first kappa shape index (κ1) is 20.0. The van der Waals surface area contributed by atoms with Crippen molar-refractivity contribution in [1.82, 2.24) is 0 Å². The first-order valence-electron chi connectivity index (χ1n) is 9.26. The van der Waals surface area contributed by atoms with Crippen LogP contribution in [0.3, 0.4) is 0 Å². The summed E-state index contributed by atoms with van der Waals surface area (Å²) in [4.78, 5) is 0. The summed E-state index contributed by atoms with van der Waals surface area (Å²) in [5, 5.41) is 2.70. The van der Waals surface area contributed by atoms with Crippen LogP contribution in [-0.4, -0.2) is 6.61 Å². The van der Waals surface area contributed by atoms with E-state index in [4.69, 9.17) is 20.6 Å². The van der Waals surface area contributed by atoms with Gasteiger partial charge >= 0.3 is 7.75 Å². The highest BCUT2D eigenvalue weighted by molar-refractivity contribution is 7.55. The Kier molecular flexibility index (Phi) is 5.64. The van der Waals surface area contributed by atoms with Crippen LogP contribution in [0.2, 0.25) is 5.02 Å². The van der Waals surface area contributed by atoms with Crippen LogP contribution in [0.5, 0.6) is 5.75 Å². The minimum Gasteiger partial charge on any atom is -0.409 e. The van der Waals surface area contributed by atoms with Crippen molar-refractivity contribution in [1.29, 1.82) is 0 Å². The van der Waals surface area contributed by atoms with E-state index in [2.05, 4.69) is 17.2 Å². The van der Waals surface area contributed by atoms with Crippen molar-refractivity contribution in [2.45, 2.75) is 19.3 Å². The Balaban J connectivity index is 1.70. The van der Waals surface area contributed by atoms with Gasteiger partial charge in [-0.05, 0) is 43.2 Å². The molecule has 4 rings (SSSR count). The summed E-state index contributed by atoms with van der Waals surface area (Å²) in [5.41, 5.74) is 3.43. The van der Waals surface area contributed by atoms with Crippen LogP contribution in [0.4, 0.5) is 10.1 Å². The Morgan fingerprint density at radius 3 is 2.66 bits per heavy atom. The van der Waals surface area contributed by atoms with Gasteiger partial charge in [-0.25, -0.2) is 8.96 Å². The molecule has 0 saturated heterocycles. The number of halogens is 2. The molecule has 0 bridgehead atoms. The van der Waals surface area contributed by atoms with E-state index in [0.717, 1.165) is 22.8 Å². The lowest BCUT2D eigenvalue weighted by Gasteiger charge is -2.29. The maximum absolute atomic E-state index is 13.8. The molecule has 1 aliphatic heterocycles. The number of fused-ring (bicyclic) bond motifs is 1. The zero-order chi connectivity index (χ0) is 20.4. The molecule has 1 aliphatic rings. The molecule has 0 fully saturated rings. The Labute approximate surface area is 174 Å². The fraction of sp³-hybridized carbons (Fsp3) is 0.182. The highest BCUT2D eigenvalue weighted by Crippen LogP contribution is 2.52. The topological polar surface area (TPSA) is 47.6 Å². The van der Waals surface area contributed by atoms with E-state index < -0.39 is 13.6 Å². The molecule has 3 aromatic carbocycles. The van der Waals surface area contributed by atoms with Gasteiger partial charge < -0.3 is 4.52 Å². The zero-order valence-electron chi connectivity index (χ0n) is 15.8. The maximum atomic E-state index is 13.8. The summed E-state index contributed by atoms with van der Waals surface area (Å²) in [6, 6.07) is 19.9. The molecule has 2 atom stereocenters. The number of rotatable bonds is 3. The first-order valence-corrected chi connectivity index (χ1v) is 11.2. The molecule has 0 saturated carbocycles. The summed E-state index contributed by atoms with van der Waals surface area (Å²) >= 11 is 5.73. The molecule has 3 aromatic rings. The lowest BCUT2D eigenvalue weighted by molar-refractivity contribution is 0.252. The fourth-order valence-corrected chi connectivity index (χ4v) is 4.94. The largest absolute Gasteiger partial charge is 0.486 e. The molecule has 0 radical (unpaired) electrons. The second kappa shape index (κ2) is 8.19. The van der Waals surface area contributed by atoms with Gasteiger partial charge in [0.1, 0.15) is 11.6 Å². The van der Waals surface area contributed by atoms with Crippen molar-refractivity contribution in [3.8, 4) is 5.75 Å². The normalized spacial score (nSPS) is 21.4. The van der Waals surface area contributed by atoms with E-state index in [1.165, 1.54) is 12.1 Å². The van der Waals surface area contributed by atoms with E-state index in [-0.39, 0.29) is 23.2 Å². The molecule has 7 heteroatoms.